The fourth-order valence-corrected chi connectivity index (χ4v) is 4.21. The summed E-state index contributed by atoms with van der Waals surface area (Å²) in [5.41, 5.74) is 3.42. The molecule has 1 fully saturated rings. The number of aryl methyl sites for hydroxylation is 1. The molecule has 3 heterocycles. The van der Waals surface area contributed by atoms with Crippen LogP contribution in [0.4, 0.5) is 5.82 Å². The predicted octanol–water partition coefficient (Wildman–Crippen LogP) is 2.60. The fraction of sp³-hybridized carbons (Fsp3) is 0.440. The second-order valence-corrected chi connectivity index (χ2v) is 8.25. The zero-order valence-electron chi connectivity index (χ0n) is 19.7. The van der Waals surface area contributed by atoms with E-state index in [1.165, 1.54) is 0 Å². The van der Waals surface area contributed by atoms with E-state index in [1.54, 1.807) is 7.11 Å². The van der Waals surface area contributed by atoms with Crippen LogP contribution in [0, 0.1) is 0 Å². The van der Waals surface area contributed by atoms with E-state index in [1.807, 2.05) is 47.0 Å². The summed E-state index contributed by atoms with van der Waals surface area (Å²) in [6, 6.07) is 11.4. The highest BCUT2D eigenvalue weighted by Crippen LogP contribution is 2.23. The van der Waals surface area contributed by atoms with E-state index in [9.17, 15) is 4.79 Å². The molecule has 0 bridgehead atoms. The average Bonchev–Trinajstić information content (AvgIpc) is 3.24. The van der Waals surface area contributed by atoms with Crippen LogP contribution in [-0.4, -0.2) is 73.7 Å². The fourth-order valence-electron chi connectivity index (χ4n) is 4.21. The molecule has 0 spiro atoms. The van der Waals surface area contributed by atoms with Crippen LogP contribution in [0.1, 0.15) is 28.5 Å². The van der Waals surface area contributed by atoms with Crippen LogP contribution >= 0.6 is 0 Å². The molecule has 1 amide bonds. The Bertz CT molecular complexity index is 1090. The molecule has 0 radical (unpaired) electrons. The molecule has 2 aromatic heterocycles. The van der Waals surface area contributed by atoms with Crippen LogP contribution in [0.15, 0.2) is 42.6 Å². The van der Waals surface area contributed by atoms with Crippen molar-refractivity contribution in [3.63, 3.8) is 0 Å². The lowest BCUT2D eigenvalue weighted by Gasteiger charge is -2.29. The van der Waals surface area contributed by atoms with E-state index in [2.05, 4.69) is 29.1 Å². The number of methoxy groups -OCH3 is 1. The van der Waals surface area contributed by atoms with E-state index < -0.39 is 0 Å². The van der Waals surface area contributed by atoms with Gasteiger partial charge >= 0.3 is 0 Å². The predicted molar refractivity (Wildman–Crippen MR) is 129 cm³/mol. The smallest absolute Gasteiger partial charge is 0.253 e. The summed E-state index contributed by atoms with van der Waals surface area (Å²) in [6.45, 7) is 7.90. The SMILES string of the molecule is CCc1nc2ccc(C(=O)NCc3ccccc3OC)cn2c1N(C)CCN1CCOCC1. The van der Waals surface area contributed by atoms with Gasteiger partial charge < -0.3 is 19.7 Å². The number of amides is 1. The summed E-state index contributed by atoms with van der Waals surface area (Å²) in [5.74, 6) is 1.68. The molecular weight excluding hydrogens is 418 g/mol. The highest BCUT2D eigenvalue weighted by Gasteiger charge is 2.18. The number of rotatable bonds is 9. The van der Waals surface area contributed by atoms with Gasteiger partial charge in [0.15, 0.2) is 0 Å². The molecule has 0 atom stereocenters. The molecule has 0 saturated carbocycles. The van der Waals surface area contributed by atoms with E-state index >= 15 is 0 Å². The van der Waals surface area contributed by atoms with E-state index in [0.717, 1.165) is 74.3 Å². The van der Waals surface area contributed by atoms with E-state index in [-0.39, 0.29) is 5.91 Å². The van der Waals surface area contributed by atoms with Crippen molar-refractivity contribution in [1.29, 1.82) is 0 Å². The third kappa shape index (κ3) is 5.29. The number of hydrogen-bond acceptors (Lipinski definition) is 6. The largest absolute Gasteiger partial charge is 0.496 e. The Hall–Kier alpha value is -3.10. The van der Waals surface area contributed by atoms with Gasteiger partial charge in [-0.15, -0.1) is 0 Å². The normalized spacial score (nSPS) is 14.4. The molecule has 4 rings (SSSR count). The van der Waals surface area contributed by atoms with Crippen LogP contribution in [0.5, 0.6) is 5.75 Å². The summed E-state index contributed by atoms with van der Waals surface area (Å²) in [4.78, 5) is 22.4. The maximum Gasteiger partial charge on any atom is 0.253 e. The number of fused-ring (bicyclic) bond motifs is 1. The zero-order chi connectivity index (χ0) is 23.2. The van der Waals surface area contributed by atoms with Crippen molar-refractivity contribution in [2.24, 2.45) is 0 Å². The number of ether oxygens (including phenoxy) is 2. The highest BCUT2D eigenvalue weighted by atomic mass is 16.5. The quantitative estimate of drug-likeness (QED) is 0.539. The number of anilines is 1. The minimum absolute atomic E-state index is 0.128. The lowest BCUT2D eigenvalue weighted by Crippen LogP contribution is -2.41. The first-order chi connectivity index (χ1) is 16.1. The lowest BCUT2D eigenvalue weighted by atomic mass is 10.2. The van der Waals surface area contributed by atoms with E-state index in [0.29, 0.717) is 12.1 Å². The number of nitrogens with one attached hydrogen (secondary N) is 1. The number of benzene rings is 1. The van der Waals surface area contributed by atoms with Crippen molar-refractivity contribution in [1.82, 2.24) is 19.6 Å². The van der Waals surface area contributed by atoms with Gasteiger partial charge in [0.2, 0.25) is 0 Å². The lowest BCUT2D eigenvalue weighted by molar-refractivity contribution is 0.0392. The molecule has 0 unspecified atom stereocenters. The number of hydrogen-bond donors (Lipinski definition) is 1. The van der Waals surface area contributed by atoms with Crippen LogP contribution in [-0.2, 0) is 17.7 Å². The van der Waals surface area contributed by atoms with Crippen molar-refractivity contribution >= 4 is 17.4 Å². The first-order valence-electron chi connectivity index (χ1n) is 11.5. The number of nitrogens with zero attached hydrogens (tertiary/aromatic N) is 4. The summed E-state index contributed by atoms with van der Waals surface area (Å²) >= 11 is 0. The minimum Gasteiger partial charge on any atom is -0.496 e. The van der Waals surface area contributed by atoms with Gasteiger partial charge in [-0.1, -0.05) is 25.1 Å². The molecule has 1 aliphatic heterocycles. The number of aromatic nitrogens is 2. The first kappa shape index (κ1) is 23.1. The first-order valence-corrected chi connectivity index (χ1v) is 11.5. The molecule has 8 heteroatoms. The molecule has 1 saturated heterocycles. The van der Waals surface area contributed by atoms with Gasteiger partial charge in [-0.2, -0.15) is 0 Å². The van der Waals surface area contributed by atoms with Gasteiger partial charge in [0, 0.05) is 51.5 Å². The summed E-state index contributed by atoms with van der Waals surface area (Å²) in [7, 11) is 3.73. The van der Waals surface area contributed by atoms with Crippen LogP contribution in [0.2, 0.25) is 0 Å². The molecule has 8 nitrogen and oxygen atoms in total. The Labute approximate surface area is 195 Å². The van der Waals surface area contributed by atoms with Crippen LogP contribution in [0.3, 0.4) is 0 Å². The Balaban J connectivity index is 1.51. The molecule has 33 heavy (non-hydrogen) atoms. The number of likely N-dealkylation sites (N-methyl/N-ethyl adjacent to an activating group) is 1. The number of morpholine rings is 1. The van der Waals surface area contributed by atoms with Gasteiger partial charge in [0.1, 0.15) is 17.2 Å². The molecule has 3 aromatic rings. The van der Waals surface area contributed by atoms with Gasteiger partial charge in [-0.25, -0.2) is 4.98 Å². The second-order valence-electron chi connectivity index (χ2n) is 8.25. The third-order valence-electron chi connectivity index (χ3n) is 6.11. The number of carbonyl (C=O) groups excluding carboxylic acids is 1. The summed E-state index contributed by atoms with van der Waals surface area (Å²) in [5, 5.41) is 3.01. The minimum atomic E-state index is -0.128. The molecular formula is C25H33N5O3. The van der Waals surface area contributed by atoms with Crippen LogP contribution in [0.25, 0.3) is 5.65 Å². The zero-order valence-corrected chi connectivity index (χ0v) is 19.7. The van der Waals surface area contributed by atoms with Gasteiger partial charge in [-0.05, 0) is 24.6 Å². The molecule has 1 N–H and O–H groups in total. The maximum atomic E-state index is 12.9. The summed E-state index contributed by atoms with van der Waals surface area (Å²) < 4.78 is 12.9. The van der Waals surface area contributed by atoms with Crippen molar-refractivity contribution in [2.45, 2.75) is 19.9 Å². The monoisotopic (exact) mass is 451 g/mol. The van der Waals surface area contributed by atoms with Crippen molar-refractivity contribution < 1.29 is 14.3 Å². The molecule has 1 aliphatic rings. The number of para-hydroxylation sites is 1. The third-order valence-corrected chi connectivity index (χ3v) is 6.11. The number of pyridine rings is 1. The Kier molecular flexibility index (Phi) is 7.47. The second kappa shape index (κ2) is 10.7. The van der Waals surface area contributed by atoms with Gasteiger partial charge in [-0.3, -0.25) is 14.1 Å². The van der Waals surface area contributed by atoms with Crippen molar-refractivity contribution in [3.8, 4) is 5.75 Å². The number of imidazole rings is 1. The Morgan fingerprint density at radius 3 is 2.76 bits per heavy atom. The molecule has 0 aliphatic carbocycles. The van der Waals surface area contributed by atoms with Gasteiger partial charge in [0.25, 0.3) is 5.91 Å². The van der Waals surface area contributed by atoms with Crippen molar-refractivity contribution in [2.75, 3.05) is 58.5 Å². The highest BCUT2D eigenvalue weighted by molar-refractivity contribution is 5.94. The average molecular weight is 452 g/mol. The Morgan fingerprint density at radius 1 is 1.21 bits per heavy atom. The molecule has 176 valence electrons. The van der Waals surface area contributed by atoms with Gasteiger partial charge in [0.05, 0.1) is 31.6 Å². The summed E-state index contributed by atoms with van der Waals surface area (Å²) in [6.07, 6.45) is 2.72. The molecule has 1 aromatic carbocycles. The van der Waals surface area contributed by atoms with E-state index in [4.69, 9.17) is 14.5 Å². The van der Waals surface area contributed by atoms with Crippen LogP contribution < -0.4 is 15.0 Å². The topological polar surface area (TPSA) is 71.3 Å². The number of carbonyl (C=O) groups is 1. The van der Waals surface area contributed by atoms with Crippen molar-refractivity contribution in [3.05, 3.63) is 59.4 Å². The maximum absolute atomic E-state index is 12.9. The standard InChI is InChI=1S/C25H33N5O3/c1-4-21-25(28(2)11-12-29-13-15-33-16-14-29)30-18-20(9-10-23(30)27-21)24(31)26-17-19-7-5-6-8-22(19)32-3/h5-10,18H,4,11-17H2,1-3H3,(H,26,31). The Morgan fingerprint density at radius 2 is 2.00 bits per heavy atom.